The molecule has 0 aliphatic carbocycles. The molecule has 17 heavy (non-hydrogen) atoms. The number of benzene rings is 2. The lowest BCUT2D eigenvalue weighted by molar-refractivity contribution is -0.109. The monoisotopic (exact) mass is 230 g/mol. The summed E-state index contributed by atoms with van der Waals surface area (Å²) in [5.41, 5.74) is 0.758. The fourth-order valence-corrected chi connectivity index (χ4v) is 1.98. The van der Waals surface area contributed by atoms with Crippen LogP contribution in [0.3, 0.4) is 0 Å². The van der Waals surface area contributed by atoms with E-state index in [1.165, 1.54) is 0 Å². The van der Waals surface area contributed by atoms with Crippen molar-refractivity contribution in [1.29, 1.82) is 0 Å². The SMILES string of the molecule is COc1ccc(C(O)CC=O)c2ccccc12. The van der Waals surface area contributed by atoms with Gasteiger partial charge in [-0.25, -0.2) is 0 Å². The number of aliphatic hydroxyl groups excluding tert-OH is 1. The topological polar surface area (TPSA) is 46.5 Å². The highest BCUT2D eigenvalue weighted by Gasteiger charge is 2.12. The van der Waals surface area contributed by atoms with E-state index in [2.05, 4.69) is 0 Å². The van der Waals surface area contributed by atoms with Crippen LogP contribution in [0.1, 0.15) is 18.1 Å². The molecule has 0 radical (unpaired) electrons. The van der Waals surface area contributed by atoms with E-state index >= 15 is 0 Å². The average molecular weight is 230 g/mol. The standard InChI is InChI=1S/C14H14O3/c1-17-14-7-6-11(13(16)8-9-15)10-4-2-3-5-12(10)14/h2-7,9,13,16H,8H2,1H3. The largest absolute Gasteiger partial charge is 0.496 e. The van der Waals surface area contributed by atoms with Crippen molar-refractivity contribution in [1.82, 2.24) is 0 Å². The lowest BCUT2D eigenvalue weighted by Crippen LogP contribution is -1.99. The summed E-state index contributed by atoms with van der Waals surface area (Å²) in [5.74, 6) is 0.766. The quantitative estimate of drug-likeness (QED) is 0.821. The number of carbonyl (C=O) groups is 1. The first-order valence-electron chi connectivity index (χ1n) is 5.45. The summed E-state index contributed by atoms with van der Waals surface area (Å²) in [6, 6.07) is 11.3. The predicted octanol–water partition coefficient (Wildman–Crippen LogP) is 2.47. The van der Waals surface area contributed by atoms with Gasteiger partial charge in [0.25, 0.3) is 0 Å². The smallest absolute Gasteiger partial charge is 0.126 e. The van der Waals surface area contributed by atoms with Crippen LogP contribution in [0.5, 0.6) is 5.75 Å². The number of fused-ring (bicyclic) bond motifs is 1. The highest BCUT2D eigenvalue weighted by Crippen LogP contribution is 2.32. The fraction of sp³-hybridized carbons (Fsp3) is 0.214. The molecule has 3 nitrogen and oxygen atoms in total. The highest BCUT2D eigenvalue weighted by molar-refractivity contribution is 5.91. The first-order valence-corrected chi connectivity index (χ1v) is 5.45. The Morgan fingerprint density at radius 1 is 1.24 bits per heavy atom. The van der Waals surface area contributed by atoms with Gasteiger partial charge in [-0.05, 0) is 17.0 Å². The number of carbonyl (C=O) groups excluding carboxylic acids is 1. The second-order valence-corrected chi connectivity index (χ2v) is 3.82. The van der Waals surface area contributed by atoms with Crippen LogP contribution < -0.4 is 4.74 Å². The van der Waals surface area contributed by atoms with Crippen LogP contribution in [-0.2, 0) is 4.79 Å². The van der Waals surface area contributed by atoms with Crippen molar-refractivity contribution in [2.45, 2.75) is 12.5 Å². The Morgan fingerprint density at radius 3 is 2.59 bits per heavy atom. The number of hydrogen-bond donors (Lipinski definition) is 1. The Labute approximate surface area is 99.6 Å². The molecule has 0 fully saturated rings. The molecule has 1 unspecified atom stereocenters. The second-order valence-electron chi connectivity index (χ2n) is 3.82. The minimum absolute atomic E-state index is 0.107. The van der Waals surface area contributed by atoms with E-state index in [1.807, 2.05) is 30.3 Å². The normalized spacial score (nSPS) is 12.4. The van der Waals surface area contributed by atoms with Crippen LogP contribution in [0.2, 0.25) is 0 Å². The van der Waals surface area contributed by atoms with Gasteiger partial charge in [0.05, 0.1) is 13.2 Å². The summed E-state index contributed by atoms with van der Waals surface area (Å²) < 4.78 is 5.27. The van der Waals surface area contributed by atoms with Crippen LogP contribution in [0.25, 0.3) is 10.8 Å². The number of aldehydes is 1. The molecule has 2 aromatic carbocycles. The number of ether oxygens (including phenoxy) is 1. The van der Waals surface area contributed by atoms with Gasteiger partial charge >= 0.3 is 0 Å². The van der Waals surface area contributed by atoms with Crippen molar-refractivity contribution in [2.75, 3.05) is 7.11 Å². The molecule has 0 aliphatic heterocycles. The molecule has 0 heterocycles. The zero-order chi connectivity index (χ0) is 12.3. The molecular formula is C14H14O3. The van der Waals surface area contributed by atoms with Crippen molar-refractivity contribution in [3.8, 4) is 5.75 Å². The summed E-state index contributed by atoms with van der Waals surface area (Å²) in [7, 11) is 1.61. The highest BCUT2D eigenvalue weighted by atomic mass is 16.5. The molecule has 2 rings (SSSR count). The zero-order valence-corrected chi connectivity index (χ0v) is 9.59. The fourth-order valence-electron chi connectivity index (χ4n) is 1.98. The molecular weight excluding hydrogens is 216 g/mol. The molecule has 0 aliphatic rings. The molecule has 3 heteroatoms. The lowest BCUT2D eigenvalue weighted by atomic mass is 9.98. The summed E-state index contributed by atoms with van der Waals surface area (Å²) in [6.45, 7) is 0. The molecule has 1 N–H and O–H groups in total. The van der Waals surface area contributed by atoms with Gasteiger partial charge in [-0.3, -0.25) is 0 Å². The van der Waals surface area contributed by atoms with E-state index in [9.17, 15) is 9.90 Å². The molecule has 0 aromatic heterocycles. The number of methoxy groups -OCH3 is 1. The average Bonchev–Trinajstić information content (AvgIpc) is 2.37. The van der Waals surface area contributed by atoms with Crippen LogP contribution in [-0.4, -0.2) is 18.5 Å². The Morgan fingerprint density at radius 2 is 1.94 bits per heavy atom. The molecule has 0 saturated heterocycles. The number of hydrogen-bond acceptors (Lipinski definition) is 3. The third kappa shape index (κ3) is 2.15. The maximum Gasteiger partial charge on any atom is 0.126 e. The molecule has 0 bridgehead atoms. The zero-order valence-electron chi connectivity index (χ0n) is 9.59. The van der Waals surface area contributed by atoms with Gasteiger partial charge in [0.15, 0.2) is 0 Å². The second kappa shape index (κ2) is 4.97. The minimum atomic E-state index is -0.761. The molecule has 88 valence electrons. The minimum Gasteiger partial charge on any atom is -0.496 e. The summed E-state index contributed by atoms with van der Waals surface area (Å²) >= 11 is 0. The van der Waals surface area contributed by atoms with Crippen molar-refractivity contribution >= 4 is 17.1 Å². The maximum absolute atomic E-state index is 10.5. The van der Waals surface area contributed by atoms with Crippen LogP contribution >= 0.6 is 0 Å². The summed E-state index contributed by atoms with van der Waals surface area (Å²) in [5, 5.41) is 11.8. The van der Waals surface area contributed by atoms with Gasteiger partial charge in [-0.1, -0.05) is 30.3 Å². The van der Waals surface area contributed by atoms with E-state index in [0.717, 1.165) is 28.4 Å². The van der Waals surface area contributed by atoms with Crippen LogP contribution in [0.4, 0.5) is 0 Å². The van der Waals surface area contributed by atoms with Crippen molar-refractivity contribution in [3.05, 3.63) is 42.0 Å². The Bertz CT molecular complexity index is 534. The Kier molecular flexibility index (Phi) is 3.40. The first-order chi connectivity index (χ1) is 8.27. The van der Waals surface area contributed by atoms with Gasteiger partial charge in [0, 0.05) is 11.8 Å². The van der Waals surface area contributed by atoms with Gasteiger partial charge < -0.3 is 14.6 Å². The van der Waals surface area contributed by atoms with Gasteiger partial charge in [-0.2, -0.15) is 0 Å². The Balaban J connectivity index is 2.62. The molecule has 0 saturated carbocycles. The number of rotatable bonds is 4. The molecule has 0 spiro atoms. The van der Waals surface area contributed by atoms with Crippen molar-refractivity contribution in [3.63, 3.8) is 0 Å². The predicted molar refractivity (Wildman–Crippen MR) is 66.1 cm³/mol. The third-order valence-corrected chi connectivity index (χ3v) is 2.82. The Hall–Kier alpha value is -1.87. The molecule has 2 aromatic rings. The van der Waals surface area contributed by atoms with Crippen LogP contribution in [0, 0.1) is 0 Å². The van der Waals surface area contributed by atoms with Gasteiger partial charge in [0.1, 0.15) is 12.0 Å². The summed E-state index contributed by atoms with van der Waals surface area (Å²) in [4.78, 5) is 10.5. The molecule has 1 atom stereocenters. The van der Waals surface area contributed by atoms with E-state index in [0.29, 0.717) is 0 Å². The first kappa shape index (κ1) is 11.6. The maximum atomic E-state index is 10.5. The van der Waals surface area contributed by atoms with Crippen molar-refractivity contribution < 1.29 is 14.6 Å². The van der Waals surface area contributed by atoms with E-state index < -0.39 is 6.10 Å². The van der Waals surface area contributed by atoms with Gasteiger partial charge in [0.2, 0.25) is 0 Å². The lowest BCUT2D eigenvalue weighted by Gasteiger charge is -2.13. The van der Waals surface area contributed by atoms with E-state index in [4.69, 9.17) is 4.74 Å². The third-order valence-electron chi connectivity index (χ3n) is 2.82. The number of aliphatic hydroxyl groups is 1. The summed E-state index contributed by atoms with van der Waals surface area (Å²) in [6.07, 6.45) is 0.0725. The van der Waals surface area contributed by atoms with E-state index in [1.54, 1.807) is 13.2 Å². The van der Waals surface area contributed by atoms with Crippen LogP contribution in [0.15, 0.2) is 36.4 Å². The van der Waals surface area contributed by atoms with E-state index in [-0.39, 0.29) is 6.42 Å². The van der Waals surface area contributed by atoms with Crippen molar-refractivity contribution in [2.24, 2.45) is 0 Å². The van der Waals surface area contributed by atoms with Gasteiger partial charge in [-0.15, -0.1) is 0 Å². The molecule has 0 amide bonds.